The van der Waals surface area contributed by atoms with Crippen LogP contribution in [-0.2, 0) is 16.0 Å². The van der Waals surface area contributed by atoms with Crippen molar-refractivity contribution in [3.63, 3.8) is 0 Å². The molecule has 0 spiro atoms. The number of halogens is 2. The zero-order valence-electron chi connectivity index (χ0n) is 21.0. The predicted octanol–water partition coefficient (Wildman–Crippen LogP) is 6.46. The van der Waals surface area contributed by atoms with Gasteiger partial charge in [-0.15, -0.1) is 0 Å². The van der Waals surface area contributed by atoms with Gasteiger partial charge in [0.15, 0.2) is 5.78 Å². The molecular weight excluding hydrogens is 537 g/mol. The predicted molar refractivity (Wildman–Crippen MR) is 153 cm³/mol. The van der Waals surface area contributed by atoms with Crippen LogP contribution in [0.3, 0.4) is 0 Å². The third-order valence-corrected chi connectivity index (χ3v) is 6.38. The van der Waals surface area contributed by atoms with Gasteiger partial charge in [0, 0.05) is 41.3 Å². The number of carbonyl (C=O) groups excluding carboxylic acids is 3. The molecule has 0 saturated carbocycles. The van der Waals surface area contributed by atoms with Crippen LogP contribution in [0.15, 0.2) is 91.3 Å². The van der Waals surface area contributed by atoms with Crippen LogP contribution < -0.4 is 10.6 Å². The van der Waals surface area contributed by atoms with Gasteiger partial charge in [-0.05, 0) is 36.8 Å². The van der Waals surface area contributed by atoms with Gasteiger partial charge in [-0.2, -0.15) is 0 Å². The topological polar surface area (TPSA) is 97.4 Å². The SMILES string of the molecule is CCOC(=O)C(Cc1ccc(NC(=O)c2c(Cl)cncc2Cl)cc1)Nc1cccc(C(=O)c2ccccc2)c1. The van der Waals surface area contributed by atoms with Crippen molar-refractivity contribution in [1.29, 1.82) is 0 Å². The summed E-state index contributed by atoms with van der Waals surface area (Å²) in [6.45, 7) is 1.97. The van der Waals surface area contributed by atoms with E-state index in [1.807, 2.05) is 18.2 Å². The van der Waals surface area contributed by atoms with Crippen LogP contribution in [0, 0.1) is 0 Å². The summed E-state index contributed by atoms with van der Waals surface area (Å²) < 4.78 is 5.29. The van der Waals surface area contributed by atoms with E-state index in [1.54, 1.807) is 67.6 Å². The number of nitrogens with one attached hydrogen (secondary N) is 2. The molecule has 0 bridgehead atoms. The minimum absolute atomic E-state index is 0.112. The number of aromatic nitrogens is 1. The fourth-order valence-electron chi connectivity index (χ4n) is 3.93. The second kappa shape index (κ2) is 13.0. The first-order chi connectivity index (χ1) is 18.9. The number of benzene rings is 3. The van der Waals surface area contributed by atoms with Crippen molar-refractivity contribution >= 4 is 52.2 Å². The van der Waals surface area contributed by atoms with E-state index in [9.17, 15) is 14.4 Å². The molecule has 1 unspecified atom stereocenters. The number of hydrogen-bond donors (Lipinski definition) is 2. The molecule has 2 N–H and O–H groups in total. The number of pyridine rings is 1. The lowest BCUT2D eigenvalue weighted by atomic mass is 10.0. The number of rotatable bonds is 10. The molecule has 1 atom stereocenters. The third-order valence-electron chi connectivity index (χ3n) is 5.80. The number of ketones is 1. The number of amides is 1. The lowest BCUT2D eigenvalue weighted by Gasteiger charge is -2.19. The molecule has 3 aromatic carbocycles. The van der Waals surface area contributed by atoms with Crippen LogP contribution in [0.1, 0.15) is 38.8 Å². The highest BCUT2D eigenvalue weighted by molar-refractivity contribution is 6.40. The molecule has 9 heteroatoms. The normalized spacial score (nSPS) is 11.4. The second-order valence-electron chi connectivity index (χ2n) is 8.56. The quantitative estimate of drug-likeness (QED) is 0.170. The highest BCUT2D eigenvalue weighted by atomic mass is 35.5. The maximum Gasteiger partial charge on any atom is 0.328 e. The van der Waals surface area contributed by atoms with Crippen molar-refractivity contribution in [1.82, 2.24) is 4.98 Å². The van der Waals surface area contributed by atoms with E-state index in [1.165, 1.54) is 12.4 Å². The standard InChI is InChI=1S/C30H25Cl2N3O4/c1-2-39-30(38)26(34-23-10-6-9-21(16-23)28(36)20-7-4-3-5-8-20)15-19-11-13-22(14-12-19)35-29(37)27-24(31)17-33-18-25(27)32/h3-14,16-18,26,34H,2,15H2,1H3,(H,35,37). The van der Waals surface area contributed by atoms with Crippen molar-refractivity contribution < 1.29 is 19.1 Å². The van der Waals surface area contributed by atoms with Crippen LogP contribution >= 0.6 is 23.2 Å². The van der Waals surface area contributed by atoms with E-state index in [4.69, 9.17) is 27.9 Å². The fourth-order valence-corrected chi connectivity index (χ4v) is 4.46. The lowest BCUT2D eigenvalue weighted by Crippen LogP contribution is -2.33. The molecule has 0 saturated heterocycles. The molecule has 0 aliphatic rings. The summed E-state index contributed by atoms with van der Waals surface area (Å²) in [5.74, 6) is -0.994. The highest BCUT2D eigenvalue weighted by Gasteiger charge is 2.21. The zero-order valence-corrected chi connectivity index (χ0v) is 22.5. The van der Waals surface area contributed by atoms with Crippen LogP contribution in [0.25, 0.3) is 0 Å². The number of ether oxygens (including phenoxy) is 1. The van der Waals surface area contributed by atoms with E-state index < -0.39 is 17.9 Å². The zero-order chi connectivity index (χ0) is 27.8. The fraction of sp³-hybridized carbons (Fsp3) is 0.133. The van der Waals surface area contributed by atoms with E-state index in [0.717, 1.165) is 5.56 Å². The third kappa shape index (κ3) is 7.22. The van der Waals surface area contributed by atoms with Crippen molar-refractivity contribution in [2.75, 3.05) is 17.2 Å². The van der Waals surface area contributed by atoms with Gasteiger partial charge >= 0.3 is 5.97 Å². The Balaban J connectivity index is 1.47. The summed E-state index contributed by atoms with van der Waals surface area (Å²) in [5.41, 5.74) is 3.19. The summed E-state index contributed by atoms with van der Waals surface area (Å²) in [6.07, 6.45) is 3.01. The number of esters is 1. The largest absolute Gasteiger partial charge is 0.464 e. The molecule has 0 aliphatic heterocycles. The molecule has 0 radical (unpaired) electrons. The smallest absolute Gasteiger partial charge is 0.328 e. The van der Waals surface area contributed by atoms with Gasteiger partial charge in [0.2, 0.25) is 0 Å². The maximum atomic E-state index is 12.9. The first-order valence-electron chi connectivity index (χ1n) is 12.2. The molecule has 1 heterocycles. The number of nitrogens with zero attached hydrogens (tertiary/aromatic N) is 1. The summed E-state index contributed by atoms with van der Waals surface area (Å²) in [4.78, 5) is 42.2. The Morgan fingerprint density at radius 2 is 1.51 bits per heavy atom. The monoisotopic (exact) mass is 561 g/mol. The molecule has 4 rings (SSSR count). The Labute approximate surface area is 236 Å². The van der Waals surface area contributed by atoms with Gasteiger partial charge in [0.05, 0.1) is 22.2 Å². The molecule has 0 aliphatic carbocycles. The summed E-state index contributed by atoms with van der Waals surface area (Å²) in [7, 11) is 0. The van der Waals surface area contributed by atoms with E-state index in [-0.39, 0.29) is 28.0 Å². The Morgan fingerprint density at radius 1 is 0.846 bits per heavy atom. The van der Waals surface area contributed by atoms with Gasteiger partial charge < -0.3 is 15.4 Å². The Bertz CT molecular complexity index is 1460. The van der Waals surface area contributed by atoms with Crippen LogP contribution in [0.4, 0.5) is 11.4 Å². The molecule has 1 amide bonds. The first-order valence-corrected chi connectivity index (χ1v) is 12.9. The lowest BCUT2D eigenvalue weighted by molar-refractivity contribution is -0.144. The first kappa shape index (κ1) is 27.8. The van der Waals surface area contributed by atoms with Gasteiger partial charge in [-0.1, -0.05) is 77.8 Å². The van der Waals surface area contributed by atoms with Crippen molar-refractivity contribution in [3.05, 3.63) is 124 Å². The molecule has 0 fully saturated rings. The van der Waals surface area contributed by atoms with Gasteiger partial charge in [0.25, 0.3) is 5.91 Å². The van der Waals surface area contributed by atoms with E-state index in [2.05, 4.69) is 15.6 Å². The van der Waals surface area contributed by atoms with Crippen LogP contribution in [0.5, 0.6) is 0 Å². The Morgan fingerprint density at radius 3 is 2.18 bits per heavy atom. The Hall–Kier alpha value is -4.20. The maximum absolute atomic E-state index is 12.9. The molecule has 39 heavy (non-hydrogen) atoms. The Kier molecular flexibility index (Phi) is 9.31. The number of anilines is 2. The molecule has 1 aromatic heterocycles. The average Bonchev–Trinajstić information content (AvgIpc) is 2.94. The average molecular weight is 562 g/mol. The number of hydrogen-bond acceptors (Lipinski definition) is 6. The molecule has 7 nitrogen and oxygen atoms in total. The number of carbonyl (C=O) groups is 3. The second-order valence-corrected chi connectivity index (χ2v) is 9.37. The summed E-state index contributed by atoms with van der Waals surface area (Å²) in [6, 6.07) is 22.3. The van der Waals surface area contributed by atoms with E-state index in [0.29, 0.717) is 28.9 Å². The molecular formula is C30H25Cl2N3O4. The minimum atomic E-state index is -0.707. The van der Waals surface area contributed by atoms with Crippen LogP contribution in [-0.4, -0.2) is 35.3 Å². The molecule has 198 valence electrons. The highest BCUT2D eigenvalue weighted by Crippen LogP contribution is 2.24. The summed E-state index contributed by atoms with van der Waals surface area (Å²) >= 11 is 12.2. The minimum Gasteiger partial charge on any atom is -0.464 e. The van der Waals surface area contributed by atoms with Crippen molar-refractivity contribution in [2.24, 2.45) is 0 Å². The van der Waals surface area contributed by atoms with Crippen molar-refractivity contribution in [3.8, 4) is 0 Å². The van der Waals surface area contributed by atoms with Gasteiger partial charge in [-0.25, -0.2) is 4.79 Å². The van der Waals surface area contributed by atoms with Gasteiger partial charge in [-0.3, -0.25) is 14.6 Å². The molecule has 4 aromatic rings. The van der Waals surface area contributed by atoms with Crippen molar-refractivity contribution in [2.45, 2.75) is 19.4 Å². The van der Waals surface area contributed by atoms with Crippen LogP contribution in [0.2, 0.25) is 10.0 Å². The summed E-state index contributed by atoms with van der Waals surface area (Å²) in [5, 5.41) is 6.26. The van der Waals surface area contributed by atoms with Gasteiger partial charge in [0.1, 0.15) is 6.04 Å². The van der Waals surface area contributed by atoms with E-state index >= 15 is 0 Å².